The van der Waals surface area contributed by atoms with Crippen molar-refractivity contribution in [3.05, 3.63) is 83.2 Å². The minimum atomic E-state index is 0.00973. The Hall–Kier alpha value is -3.08. The number of hydrogen-bond donors (Lipinski definition) is 0. The number of hydrogen-bond acceptors (Lipinski definition) is 3. The van der Waals surface area contributed by atoms with Crippen LogP contribution >= 0.6 is 0 Å². The van der Waals surface area contributed by atoms with Gasteiger partial charge in [-0.3, -0.25) is 9.48 Å². The highest BCUT2D eigenvalue weighted by atomic mass is 16.5. The minimum Gasteiger partial charge on any atom is -0.493 e. The van der Waals surface area contributed by atoms with Crippen LogP contribution in [-0.4, -0.2) is 34.2 Å². The molecule has 2 heterocycles. The molecule has 1 amide bonds. The first kappa shape index (κ1) is 16.4. The van der Waals surface area contributed by atoms with Gasteiger partial charge in [-0.1, -0.05) is 30.3 Å². The average molecular weight is 347 g/mol. The third-order valence-electron chi connectivity index (χ3n) is 4.58. The van der Waals surface area contributed by atoms with Crippen molar-refractivity contribution >= 4 is 5.91 Å². The molecule has 5 heteroatoms. The maximum atomic E-state index is 12.7. The van der Waals surface area contributed by atoms with E-state index in [0.29, 0.717) is 18.7 Å². The van der Waals surface area contributed by atoms with E-state index in [4.69, 9.17) is 4.74 Å². The highest BCUT2D eigenvalue weighted by Gasteiger charge is 2.18. The van der Waals surface area contributed by atoms with Crippen LogP contribution in [0.5, 0.6) is 5.75 Å². The van der Waals surface area contributed by atoms with Crippen LogP contribution in [-0.2, 0) is 19.5 Å². The summed E-state index contributed by atoms with van der Waals surface area (Å²) in [6.07, 6.45) is 4.68. The summed E-state index contributed by atoms with van der Waals surface area (Å²) in [6, 6.07) is 15.9. The number of amides is 1. The zero-order valence-electron chi connectivity index (χ0n) is 14.8. The fourth-order valence-corrected chi connectivity index (χ4v) is 3.23. The van der Waals surface area contributed by atoms with Gasteiger partial charge in [0.05, 0.1) is 19.3 Å². The Morgan fingerprint density at radius 2 is 2.04 bits per heavy atom. The molecular weight excluding hydrogens is 326 g/mol. The number of carbonyl (C=O) groups excluding carboxylic acids is 1. The van der Waals surface area contributed by atoms with Crippen molar-refractivity contribution in [1.82, 2.24) is 14.7 Å². The van der Waals surface area contributed by atoms with Gasteiger partial charge in [-0.15, -0.1) is 0 Å². The van der Waals surface area contributed by atoms with E-state index in [0.717, 1.165) is 29.8 Å². The third-order valence-corrected chi connectivity index (χ3v) is 4.58. The van der Waals surface area contributed by atoms with E-state index in [1.807, 2.05) is 60.5 Å². The van der Waals surface area contributed by atoms with Crippen LogP contribution in [0.3, 0.4) is 0 Å². The third kappa shape index (κ3) is 3.47. The normalized spacial score (nSPS) is 12.5. The van der Waals surface area contributed by atoms with Crippen LogP contribution in [0.2, 0.25) is 0 Å². The van der Waals surface area contributed by atoms with Gasteiger partial charge in [0, 0.05) is 37.3 Å². The molecule has 3 aromatic rings. The van der Waals surface area contributed by atoms with Gasteiger partial charge in [-0.2, -0.15) is 5.10 Å². The van der Waals surface area contributed by atoms with Crippen molar-refractivity contribution in [3.8, 4) is 5.75 Å². The van der Waals surface area contributed by atoms with Gasteiger partial charge in [0.2, 0.25) is 0 Å². The lowest BCUT2D eigenvalue weighted by atomic mass is 10.1. The van der Waals surface area contributed by atoms with Gasteiger partial charge < -0.3 is 9.64 Å². The standard InChI is InChI=1S/C21H21N3O2/c1-23(21(25)19-7-8-20-18(11-19)9-10-26-20)13-17-12-22-24(15-17)14-16-5-3-2-4-6-16/h2-8,11-12,15H,9-10,13-14H2,1H3. The smallest absolute Gasteiger partial charge is 0.253 e. The Morgan fingerprint density at radius 3 is 2.88 bits per heavy atom. The van der Waals surface area contributed by atoms with E-state index >= 15 is 0 Å². The molecule has 1 aromatic heterocycles. The maximum Gasteiger partial charge on any atom is 0.253 e. The number of ether oxygens (including phenoxy) is 1. The van der Waals surface area contributed by atoms with Crippen LogP contribution < -0.4 is 4.74 Å². The summed E-state index contributed by atoms with van der Waals surface area (Å²) in [6.45, 7) is 1.95. The van der Waals surface area contributed by atoms with Crippen molar-refractivity contribution in [2.24, 2.45) is 0 Å². The molecular formula is C21H21N3O2. The molecule has 1 aliphatic rings. The lowest BCUT2D eigenvalue weighted by molar-refractivity contribution is 0.0785. The molecule has 26 heavy (non-hydrogen) atoms. The second-order valence-electron chi connectivity index (χ2n) is 6.61. The second-order valence-corrected chi connectivity index (χ2v) is 6.61. The highest BCUT2D eigenvalue weighted by molar-refractivity contribution is 5.94. The first-order chi connectivity index (χ1) is 12.7. The van der Waals surface area contributed by atoms with E-state index in [1.54, 1.807) is 4.90 Å². The molecule has 5 nitrogen and oxygen atoms in total. The summed E-state index contributed by atoms with van der Waals surface area (Å²) in [7, 11) is 1.82. The monoisotopic (exact) mass is 347 g/mol. The predicted octanol–water partition coefficient (Wildman–Crippen LogP) is 3.14. The Morgan fingerprint density at radius 1 is 1.19 bits per heavy atom. The summed E-state index contributed by atoms with van der Waals surface area (Å²) in [5, 5.41) is 4.41. The van der Waals surface area contributed by atoms with Gasteiger partial charge in [-0.25, -0.2) is 0 Å². The quantitative estimate of drug-likeness (QED) is 0.712. The highest BCUT2D eigenvalue weighted by Crippen LogP contribution is 2.26. The van der Waals surface area contributed by atoms with Gasteiger partial charge in [0.25, 0.3) is 5.91 Å². The summed E-state index contributed by atoms with van der Waals surface area (Å²) in [5.41, 5.74) is 4.03. The molecule has 0 spiro atoms. The number of aromatic nitrogens is 2. The largest absolute Gasteiger partial charge is 0.493 e. The van der Waals surface area contributed by atoms with Crippen LogP contribution in [0.25, 0.3) is 0 Å². The Balaban J connectivity index is 1.41. The number of fused-ring (bicyclic) bond motifs is 1. The molecule has 0 radical (unpaired) electrons. The summed E-state index contributed by atoms with van der Waals surface area (Å²) < 4.78 is 7.40. The van der Waals surface area contributed by atoms with Gasteiger partial charge in [0.15, 0.2) is 0 Å². The molecule has 1 aliphatic heterocycles. The van der Waals surface area contributed by atoms with Crippen LogP contribution in [0.1, 0.15) is 27.0 Å². The van der Waals surface area contributed by atoms with Crippen molar-refractivity contribution < 1.29 is 9.53 Å². The first-order valence-electron chi connectivity index (χ1n) is 8.75. The summed E-state index contributed by atoms with van der Waals surface area (Å²) in [4.78, 5) is 14.4. The number of nitrogens with zero attached hydrogens (tertiary/aromatic N) is 3. The first-order valence-corrected chi connectivity index (χ1v) is 8.75. The van der Waals surface area contributed by atoms with Crippen molar-refractivity contribution in [2.45, 2.75) is 19.5 Å². The Labute approximate surface area is 152 Å². The lowest BCUT2D eigenvalue weighted by Gasteiger charge is -2.16. The maximum absolute atomic E-state index is 12.7. The van der Waals surface area contributed by atoms with E-state index in [9.17, 15) is 4.79 Å². The van der Waals surface area contributed by atoms with Gasteiger partial charge in [0.1, 0.15) is 5.75 Å². The van der Waals surface area contributed by atoms with E-state index in [-0.39, 0.29) is 5.91 Å². The summed E-state index contributed by atoms with van der Waals surface area (Å²) in [5.74, 6) is 0.905. The van der Waals surface area contributed by atoms with Gasteiger partial charge in [-0.05, 0) is 29.3 Å². The fourth-order valence-electron chi connectivity index (χ4n) is 3.23. The van der Waals surface area contributed by atoms with Crippen LogP contribution in [0.15, 0.2) is 60.9 Å². The van der Waals surface area contributed by atoms with Crippen molar-refractivity contribution in [1.29, 1.82) is 0 Å². The zero-order valence-corrected chi connectivity index (χ0v) is 14.8. The number of carbonyl (C=O) groups is 1. The molecule has 0 atom stereocenters. The molecule has 0 unspecified atom stereocenters. The Bertz CT molecular complexity index is 918. The van der Waals surface area contributed by atoms with Crippen molar-refractivity contribution in [3.63, 3.8) is 0 Å². The molecule has 0 saturated heterocycles. The SMILES string of the molecule is CN(Cc1cnn(Cc2ccccc2)c1)C(=O)c1ccc2c(c1)CCO2. The lowest BCUT2D eigenvalue weighted by Crippen LogP contribution is -2.26. The molecule has 0 bridgehead atoms. The van der Waals surface area contributed by atoms with E-state index < -0.39 is 0 Å². The number of benzene rings is 2. The average Bonchev–Trinajstić information content (AvgIpc) is 3.30. The van der Waals surface area contributed by atoms with E-state index in [1.165, 1.54) is 5.56 Å². The van der Waals surface area contributed by atoms with Crippen LogP contribution in [0.4, 0.5) is 0 Å². The van der Waals surface area contributed by atoms with Gasteiger partial charge >= 0.3 is 0 Å². The minimum absolute atomic E-state index is 0.00973. The zero-order chi connectivity index (χ0) is 17.9. The topological polar surface area (TPSA) is 47.4 Å². The molecule has 2 aromatic carbocycles. The van der Waals surface area contributed by atoms with Crippen molar-refractivity contribution in [2.75, 3.05) is 13.7 Å². The fraction of sp³-hybridized carbons (Fsp3) is 0.238. The predicted molar refractivity (Wildman–Crippen MR) is 99.2 cm³/mol. The number of rotatable bonds is 5. The molecule has 132 valence electrons. The Kier molecular flexibility index (Phi) is 4.44. The molecule has 0 N–H and O–H groups in total. The molecule has 4 rings (SSSR count). The second kappa shape index (κ2) is 7.04. The molecule has 0 saturated carbocycles. The van der Waals surface area contributed by atoms with Crippen LogP contribution in [0, 0.1) is 0 Å². The molecule has 0 fully saturated rings. The van der Waals surface area contributed by atoms with E-state index in [2.05, 4.69) is 17.2 Å². The molecule has 0 aliphatic carbocycles. The summed E-state index contributed by atoms with van der Waals surface area (Å²) >= 11 is 0.